The maximum atomic E-state index is 12.0. The first-order valence-corrected chi connectivity index (χ1v) is 14.7. The molecule has 0 radical (unpaired) electrons. The third-order valence-corrected chi connectivity index (χ3v) is 9.45. The first-order chi connectivity index (χ1) is 17.6. The molecule has 1 unspecified atom stereocenters. The summed E-state index contributed by atoms with van der Waals surface area (Å²) < 4.78 is 5.19. The molecule has 2 N–H and O–H groups in total. The molecule has 6 heteroatoms. The maximum absolute atomic E-state index is 12.0. The van der Waals surface area contributed by atoms with E-state index in [1.54, 1.807) is 26.3 Å². The van der Waals surface area contributed by atoms with Crippen LogP contribution in [0.15, 0.2) is 48.5 Å². The Kier molecular flexibility index (Phi) is 7.32. The molecular formula is C31H39NO4S. The normalized spacial score (nSPS) is 27.1. The molecule has 2 aromatic rings. The van der Waals surface area contributed by atoms with Gasteiger partial charge in [0.2, 0.25) is 0 Å². The fraction of sp³-hybridized carbons (Fsp3) is 0.548. The summed E-state index contributed by atoms with van der Waals surface area (Å²) in [5.74, 6) is 2.69. The minimum absolute atomic E-state index is 0.267. The Morgan fingerprint density at radius 2 is 1.62 bits per heavy atom. The highest BCUT2D eigenvalue weighted by Gasteiger charge is 2.51. The Hall–Kier alpha value is -2.47. The van der Waals surface area contributed by atoms with E-state index in [-0.39, 0.29) is 5.75 Å². The standard InChI is InChI=1S/C31H39NO4S/c1-30(2,3)36-29(35)32-27(28(33)34)19-37-18-20-7-9-24(10-8-20)25-5-4-6-26(14-25)31-15-21-11-22(16-31)13-23(12-21)17-31/h4-10,14,21-23,27H,11-13,15-19H2,1-3H3,(H,32,35)(H,33,34). The average molecular weight is 522 g/mol. The number of benzene rings is 2. The summed E-state index contributed by atoms with van der Waals surface area (Å²) in [6.45, 7) is 5.25. The zero-order valence-corrected chi connectivity index (χ0v) is 23.0. The van der Waals surface area contributed by atoms with E-state index >= 15 is 0 Å². The van der Waals surface area contributed by atoms with Crippen LogP contribution in [0.25, 0.3) is 11.1 Å². The lowest BCUT2D eigenvalue weighted by molar-refractivity contribution is -0.138. The van der Waals surface area contributed by atoms with Crippen molar-refractivity contribution in [3.63, 3.8) is 0 Å². The predicted molar refractivity (Wildman–Crippen MR) is 149 cm³/mol. The highest BCUT2D eigenvalue weighted by atomic mass is 32.2. The number of carboxylic acid groups (broad SMARTS) is 1. The molecule has 4 saturated carbocycles. The van der Waals surface area contributed by atoms with Crippen LogP contribution in [-0.4, -0.2) is 34.6 Å². The SMILES string of the molecule is CC(C)(C)OC(=O)NC(CSCc1ccc(-c2cccc(C34CC5CC(CC(C5)C3)C4)c2)cc1)C(=O)O. The zero-order chi connectivity index (χ0) is 26.2. The van der Waals surface area contributed by atoms with Gasteiger partial charge in [0.25, 0.3) is 0 Å². The topological polar surface area (TPSA) is 75.6 Å². The second kappa shape index (κ2) is 10.4. The van der Waals surface area contributed by atoms with Crippen LogP contribution in [0.1, 0.15) is 70.4 Å². The quantitative estimate of drug-likeness (QED) is 0.390. The van der Waals surface area contributed by atoms with Crippen LogP contribution in [0.5, 0.6) is 0 Å². The number of carbonyl (C=O) groups is 2. The summed E-state index contributed by atoms with van der Waals surface area (Å²) in [6, 6.07) is 16.8. The van der Waals surface area contributed by atoms with E-state index in [2.05, 4.69) is 53.8 Å². The number of thioether (sulfide) groups is 1. The molecule has 4 fully saturated rings. The lowest BCUT2D eigenvalue weighted by Crippen LogP contribution is -2.48. The van der Waals surface area contributed by atoms with Gasteiger partial charge in [0.1, 0.15) is 11.6 Å². The molecule has 0 aromatic heterocycles. The van der Waals surface area contributed by atoms with Gasteiger partial charge in [-0.15, -0.1) is 0 Å². The van der Waals surface area contributed by atoms with E-state index in [1.165, 1.54) is 61.4 Å². The van der Waals surface area contributed by atoms with Crippen LogP contribution >= 0.6 is 11.8 Å². The smallest absolute Gasteiger partial charge is 0.408 e. The molecule has 1 amide bonds. The van der Waals surface area contributed by atoms with Crippen molar-refractivity contribution < 1.29 is 19.4 Å². The molecule has 37 heavy (non-hydrogen) atoms. The summed E-state index contributed by atoms with van der Waals surface area (Å²) >= 11 is 1.49. The molecular weight excluding hydrogens is 482 g/mol. The Labute approximate surface area is 224 Å². The molecule has 6 rings (SSSR count). The van der Waals surface area contributed by atoms with Gasteiger partial charge in [-0.25, -0.2) is 9.59 Å². The Balaban J connectivity index is 1.19. The molecule has 4 bridgehead atoms. The Morgan fingerprint density at radius 1 is 1.00 bits per heavy atom. The fourth-order valence-electron chi connectivity index (χ4n) is 7.21. The van der Waals surface area contributed by atoms with Gasteiger partial charge in [0, 0.05) is 11.5 Å². The van der Waals surface area contributed by atoms with Gasteiger partial charge in [-0.1, -0.05) is 48.5 Å². The molecule has 4 aliphatic carbocycles. The van der Waals surface area contributed by atoms with Crippen molar-refractivity contribution in [2.75, 3.05) is 5.75 Å². The van der Waals surface area contributed by atoms with E-state index in [9.17, 15) is 14.7 Å². The minimum Gasteiger partial charge on any atom is -0.480 e. The molecule has 5 nitrogen and oxygen atoms in total. The number of hydrogen-bond donors (Lipinski definition) is 2. The number of ether oxygens (including phenoxy) is 1. The summed E-state index contributed by atoms with van der Waals surface area (Å²) in [4.78, 5) is 23.6. The number of rotatable bonds is 8. The van der Waals surface area contributed by atoms with E-state index in [1.807, 2.05) is 0 Å². The van der Waals surface area contributed by atoms with Crippen molar-refractivity contribution in [1.82, 2.24) is 5.32 Å². The molecule has 1 atom stereocenters. The van der Waals surface area contributed by atoms with Crippen molar-refractivity contribution in [3.05, 3.63) is 59.7 Å². The second-order valence-corrected chi connectivity index (χ2v) is 13.6. The van der Waals surface area contributed by atoms with E-state index in [0.717, 1.165) is 23.3 Å². The largest absolute Gasteiger partial charge is 0.480 e. The predicted octanol–water partition coefficient (Wildman–Crippen LogP) is 7.03. The fourth-order valence-corrected chi connectivity index (χ4v) is 8.21. The van der Waals surface area contributed by atoms with Gasteiger partial charge in [0.15, 0.2) is 0 Å². The van der Waals surface area contributed by atoms with Gasteiger partial charge in [0.05, 0.1) is 0 Å². The summed E-state index contributed by atoms with van der Waals surface area (Å²) in [5, 5.41) is 11.9. The highest BCUT2D eigenvalue weighted by molar-refractivity contribution is 7.98. The van der Waals surface area contributed by atoms with E-state index in [0.29, 0.717) is 11.2 Å². The first kappa shape index (κ1) is 26.1. The van der Waals surface area contributed by atoms with Gasteiger partial charge >= 0.3 is 12.1 Å². The monoisotopic (exact) mass is 521 g/mol. The number of amides is 1. The number of nitrogens with one attached hydrogen (secondary N) is 1. The maximum Gasteiger partial charge on any atom is 0.408 e. The molecule has 2 aromatic carbocycles. The van der Waals surface area contributed by atoms with E-state index < -0.39 is 23.7 Å². The minimum atomic E-state index is -1.06. The van der Waals surface area contributed by atoms with Gasteiger partial charge in [-0.3, -0.25) is 0 Å². The lowest BCUT2D eigenvalue weighted by Gasteiger charge is -2.57. The van der Waals surface area contributed by atoms with Crippen LogP contribution in [0.2, 0.25) is 0 Å². The van der Waals surface area contributed by atoms with Crippen molar-refractivity contribution in [2.24, 2.45) is 17.8 Å². The van der Waals surface area contributed by atoms with Crippen LogP contribution < -0.4 is 5.32 Å². The van der Waals surface area contributed by atoms with Gasteiger partial charge in [-0.2, -0.15) is 11.8 Å². The van der Waals surface area contributed by atoms with Gasteiger partial charge in [-0.05, 0) is 105 Å². The number of aliphatic carboxylic acids is 1. The summed E-state index contributed by atoms with van der Waals surface area (Å²) in [6.07, 6.45) is 7.80. The number of alkyl carbamates (subject to hydrolysis) is 1. The molecule has 0 aliphatic heterocycles. The highest BCUT2D eigenvalue weighted by Crippen LogP contribution is 2.60. The Morgan fingerprint density at radius 3 is 2.19 bits per heavy atom. The molecule has 4 aliphatic rings. The molecule has 198 valence electrons. The number of hydrogen-bond acceptors (Lipinski definition) is 4. The Bertz CT molecular complexity index is 1100. The molecule has 0 spiro atoms. The van der Waals surface area contributed by atoms with Crippen LogP contribution in [0, 0.1) is 17.8 Å². The van der Waals surface area contributed by atoms with Crippen LogP contribution in [0.3, 0.4) is 0 Å². The zero-order valence-electron chi connectivity index (χ0n) is 22.2. The number of carbonyl (C=O) groups excluding carboxylic acids is 1. The van der Waals surface area contributed by atoms with Crippen LogP contribution in [0.4, 0.5) is 4.79 Å². The van der Waals surface area contributed by atoms with Crippen molar-refractivity contribution in [2.45, 2.75) is 82.1 Å². The number of carboxylic acids is 1. The molecule has 0 heterocycles. The van der Waals surface area contributed by atoms with Gasteiger partial charge < -0.3 is 15.2 Å². The van der Waals surface area contributed by atoms with Crippen molar-refractivity contribution in [3.8, 4) is 11.1 Å². The molecule has 0 saturated heterocycles. The average Bonchev–Trinajstić information content (AvgIpc) is 2.82. The van der Waals surface area contributed by atoms with E-state index in [4.69, 9.17) is 4.74 Å². The second-order valence-electron chi connectivity index (χ2n) is 12.5. The lowest BCUT2D eigenvalue weighted by atomic mass is 9.48. The summed E-state index contributed by atoms with van der Waals surface area (Å²) in [7, 11) is 0. The third-order valence-electron chi connectivity index (χ3n) is 8.34. The van der Waals surface area contributed by atoms with Crippen molar-refractivity contribution in [1.29, 1.82) is 0 Å². The van der Waals surface area contributed by atoms with Crippen molar-refractivity contribution >= 4 is 23.8 Å². The summed E-state index contributed by atoms with van der Waals surface area (Å²) in [5.41, 5.74) is 4.90. The van der Waals surface area contributed by atoms with Crippen LogP contribution in [-0.2, 0) is 20.7 Å². The first-order valence-electron chi connectivity index (χ1n) is 13.6. The third kappa shape index (κ3) is 6.17.